The Morgan fingerprint density at radius 3 is 2.68 bits per heavy atom. The van der Waals surface area contributed by atoms with Crippen LogP contribution >= 0.6 is 11.8 Å². The molecule has 0 aliphatic carbocycles. The summed E-state index contributed by atoms with van der Waals surface area (Å²) in [7, 11) is 1.37. The van der Waals surface area contributed by atoms with Crippen molar-refractivity contribution in [3.63, 3.8) is 0 Å². The second-order valence-electron chi connectivity index (χ2n) is 6.33. The normalized spacial score (nSPS) is 11.1. The van der Waals surface area contributed by atoms with Crippen molar-refractivity contribution < 1.29 is 13.9 Å². The highest BCUT2D eigenvalue weighted by atomic mass is 32.2. The molecule has 0 atom stereocenters. The number of nitrogens with zero attached hydrogens (tertiary/aromatic N) is 4. The summed E-state index contributed by atoms with van der Waals surface area (Å²) in [5, 5.41) is 8.83. The first-order valence-electron chi connectivity index (χ1n) is 8.64. The number of pyridine rings is 1. The molecule has 0 saturated carbocycles. The van der Waals surface area contributed by atoms with Gasteiger partial charge < -0.3 is 9.15 Å². The molecule has 0 bridgehead atoms. The monoisotopic (exact) mass is 394 g/mol. The first-order valence-corrected chi connectivity index (χ1v) is 9.63. The largest absolute Gasteiger partial charge is 0.465 e. The van der Waals surface area contributed by atoms with Crippen LogP contribution in [0.25, 0.3) is 17.2 Å². The highest BCUT2D eigenvalue weighted by molar-refractivity contribution is 7.98. The number of fused-ring (bicyclic) bond motifs is 1. The first kappa shape index (κ1) is 18.2. The van der Waals surface area contributed by atoms with Gasteiger partial charge in [0.15, 0.2) is 0 Å². The molecule has 0 amide bonds. The summed E-state index contributed by atoms with van der Waals surface area (Å²) in [4.78, 5) is 16.0. The van der Waals surface area contributed by atoms with Crippen LogP contribution in [-0.4, -0.2) is 32.7 Å². The van der Waals surface area contributed by atoms with Crippen LogP contribution < -0.4 is 0 Å². The predicted molar refractivity (Wildman–Crippen MR) is 105 cm³/mol. The van der Waals surface area contributed by atoms with Crippen molar-refractivity contribution in [3.05, 3.63) is 65.0 Å². The Labute approximate surface area is 165 Å². The van der Waals surface area contributed by atoms with Gasteiger partial charge in [-0.25, -0.2) is 9.78 Å². The van der Waals surface area contributed by atoms with Gasteiger partial charge in [0, 0.05) is 11.9 Å². The van der Waals surface area contributed by atoms with Crippen molar-refractivity contribution in [1.29, 1.82) is 0 Å². The zero-order valence-corrected chi connectivity index (χ0v) is 16.5. The summed E-state index contributed by atoms with van der Waals surface area (Å²) in [6.45, 7) is 3.96. The van der Waals surface area contributed by atoms with Crippen LogP contribution in [0.1, 0.15) is 27.2 Å². The van der Waals surface area contributed by atoms with Gasteiger partial charge >= 0.3 is 5.97 Å². The first-order chi connectivity index (χ1) is 13.5. The quantitative estimate of drug-likeness (QED) is 0.372. The number of aryl methyl sites for hydroxylation is 2. The molecule has 3 aromatic heterocycles. The molecule has 0 fully saturated rings. The molecule has 0 aliphatic heterocycles. The van der Waals surface area contributed by atoms with E-state index < -0.39 is 0 Å². The molecule has 28 heavy (non-hydrogen) atoms. The summed E-state index contributed by atoms with van der Waals surface area (Å²) in [5.41, 5.74) is 5.17. The van der Waals surface area contributed by atoms with Crippen molar-refractivity contribution >= 4 is 23.4 Å². The smallest absolute Gasteiger partial charge is 0.337 e. The van der Waals surface area contributed by atoms with Crippen molar-refractivity contribution in [3.8, 4) is 11.6 Å². The fraction of sp³-hybridized carbons (Fsp3) is 0.200. The molecule has 4 aromatic rings. The lowest BCUT2D eigenvalue weighted by Gasteiger charge is -2.01. The third kappa shape index (κ3) is 3.50. The molecule has 3 heterocycles. The van der Waals surface area contributed by atoms with Gasteiger partial charge in [0.2, 0.25) is 0 Å². The van der Waals surface area contributed by atoms with Gasteiger partial charge in [-0.1, -0.05) is 30.0 Å². The zero-order valence-electron chi connectivity index (χ0n) is 15.7. The number of benzene rings is 1. The Kier molecular flexibility index (Phi) is 4.87. The van der Waals surface area contributed by atoms with E-state index in [0.29, 0.717) is 22.4 Å². The van der Waals surface area contributed by atoms with Crippen LogP contribution in [0.4, 0.5) is 0 Å². The van der Waals surface area contributed by atoms with Gasteiger partial charge in [0.05, 0.1) is 18.4 Å². The van der Waals surface area contributed by atoms with E-state index in [-0.39, 0.29) is 5.97 Å². The number of ether oxygens (including phenoxy) is 1. The summed E-state index contributed by atoms with van der Waals surface area (Å²) in [5.74, 6) is 0.743. The van der Waals surface area contributed by atoms with Crippen LogP contribution in [0.5, 0.6) is 0 Å². The molecule has 142 valence electrons. The zero-order chi connectivity index (χ0) is 19.7. The van der Waals surface area contributed by atoms with Crippen molar-refractivity contribution in [2.45, 2.75) is 24.8 Å². The standard InChI is InChI=1S/C20H18N4O3S/c1-12-4-9-16-21-13(2)17(24(16)10-12)18-22-23-20(27-18)28-11-14-5-7-15(8-6-14)19(25)26-3/h4-10H,11H2,1-3H3. The maximum absolute atomic E-state index is 11.5. The third-order valence-electron chi connectivity index (χ3n) is 4.29. The van der Waals surface area contributed by atoms with Crippen molar-refractivity contribution in [2.24, 2.45) is 0 Å². The number of imidazole rings is 1. The third-order valence-corrected chi connectivity index (χ3v) is 5.18. The van der Waals surface area contributed by atoms with E-state index in [9.17, 15) is 4.79 Å². The van der Waals surface area contributed by atoms with E-state index in [2.05, 4.69) is 15.2 Å². The van der Waals surface area contributed by atoms with E-state index in [1.807, 2.05) is 48.7 Å². The number of aromatic nitrogens is 4. The SMILES string of the molecule is COC(=O)c1ccc(CSc2nnc(-c3c(C)nc4ccc(C)cn34)o2)cc1. The Hall–Kier alpha value is -3.13. The number of hydrogen-bond donors (Lipinski definition) is 0. The molecular weight excluding hydrogens is 376 g/mol. The van der Waals surface area contributed by atoms with Gasteiger partial charge in [-0.2, -0.15) is 0 Å². The van der Waals surface area contributed by atoms with Gasteiger partial charge in [0.25, 0.3) is 11.1 Å². The van der Waals surface area contributed by atoms with E-state index >= 15 is 0 Å². The fourth-order valence-corrected chi connectivity index (χ4v) is 3.61. The molecule has 4 rings (SSSR count). The second-order valence-corrected chi connectivity index (χ2v) is 7.26. The molecule has 0 radical (unpaired) electrons. The molecule has 0 unspecified atom stereocenters. The number of carbonyl (C=O) groups excluding carboxylic acids is 1. The number of carbonyl (C=O) groups is 1. The van der Waals surface area contributed by atoms with Crippen LogP contribution in [0.3, 0.4) is 0 Å². The average Bonchev–Trinajstić information content (AvgIpc) is 3.29. The minimum absolute atomic E-state index is 0.348. The van der Waals surface area contributed by atoms with E-state index in [1.165, 1.54) is 18.9 Å². The van der Waals surface area contributed by atoms with Gasteiger partial charge in [-0.3, -0.25) is 4.40 Å². The van der Waals surface area contributed by atoms with Crippen molar-refractivity contribution in [2.75, 3.05) is 7.11 Å². The maximum Gasteiger partial charge on any atom is 0.337 e. The molecule has 8 heteroatoms. The number of thioether (sulfide) groups is 1. The van der Waals surface area contributed by atoms with E-state index in [1.54, 1.807) is 12.1 Å². The van der Waals surface area contributed by atoms with E-state index in [4.69, 9.17) is 9.15 Å². The molecule has 1 aromatic carbocycles. The Balaban J connectivity index is 1.52. The molecule has 0 N–H and O–H groups in total. The Morgan fingerprint density at radius 1 is 1.14 bits per heavy atom. The number of methoxy groups -OCH3 is 1. The summed E-state index contributed by atoms with van der Waals surface area (Å²) in [6.07, 6.45) is 2.00. The van der Waals surface area contributed by atoms with Crippen molar-refractivity contribution in [1.82, 2.24) is 19.6 Å². The molecule has 7 nitrogen and oxygen atoms in total. The molecule has 0 saturated heterocycles. The van der Waals surface area contributed by atoms with Crippen LogP contribution in [0.2, 0.25) is 0 Å². The Bertz CT molecular complexity index is 1150. The summed E-state index contributed by atoms with van der Waals surface area (Å²) < 4.78 is 12.5. The lowest BCUT2D eigenvalue weighted by molar-refractivity contribution is 0.0600. The molecule has 0 spiro atoms. The van der Waals surface area contributed by atoms with E-state index in [0.717, 1.165) is 28.2 Å². The van der Waals surface area contributed by atoms with Crippen LogP contribution in [0.15, 0.2) is 52.2 Å². The Morgan fingerprint density at radius 2 is 1.93 bits per heavy atom. The number of esters is 1. The lowest BCUT2D eigenvalue weighted by atomic mass is 10.1. The van der Waals surface area contributed by atoms with Gasteiger partial charge in [-0.05, 0) is 43.2 Å². The van der Waals surface area contributed by atoms with Gasteiger partial charge in [0.1, 0.15) is 11.3 Å². The van der Waals surface area contributed by atoms with Gasteiger partial charge in [-0.15, -0.1) is 10.2 Å². The van der Waals surface area contributed by atoms with Crippen LogP contribution in [0, 0.1) is 13.8 Å². The number of rotatable bonds is 5. The lowest BCUT2D eigenvalue weighted by Crippen LogP contribution is -2.00. The highest BCUT2D eigenvalue weighted by Crippen LogP contribution is 2.28. The second kappa shape index (κ2) is 7.47. The topological polar surface area (TPSA) is 82.5 Å². The predicted octanol–water partition coefficient (Wildman–Crippen LogP) is 4.08. The molecule has 0 aliphatic rings. The number of hydrogen-bond acceptors (Lipinski definition) is 7. The summed E-state index contributed by atoms with van der Waals surface area (Å²) in [6, 6.07) is 11.2. The minimum atomic E-state index is -0.348. The fourth-order valence-electron chi connectivity index (χ4n) is 2.89. The molecular formula is C20H18N4O3S. The minimum Gasteiger partial charge on any atom is -0.465 e. The maximum atomic E-state index is 11.5. The highest BCUT2D eigenvalue weighted by Gasteiger charge is 2.17. The summed E-state index contributed by atoms with van der Waals surface area (Å²) >= 11 is 1.44. The average molecular weight is 394 g/mol. The van der Waals surface area contributed by atoms with Crippen LogP contribution in [-0.2, 0) is 10.5 Å².